The number of hydrogen-bond acceptors (Lipinski definition) is 3. The smallest absolute Gasteiger partial charge is 0.239 e. The Balaban J connectivity index is 1.65. The van der Waals surface area contributed by atoms with Crippen LogP contribution in [0.15, 0.2) is 30.3 Å². The summed E-state index contributed by atoms with van der Waals surface area (Å²) in [6, 6.07) is 10.4. The molecule has 0 aromatic heterocycles. The minimum atomic E-state index is -0.532. The van der Waals surface area contributed by atoms with Gasteiger partial charge in [-0.3, -0.25) is 9.69 Å². The molecule has 0 radical (unpaired) electrons. The number of nitrogens with zero attached hydrogens (tertiary/aromatic N) is 1. The van der Waals surface area contributed by atoms with Crippen LogP contribution in [0.5, 0.6) is 0 Å². The molecule has 3 N–H and O–H groups in total. The highest BCUT2D eigenvalue weighted by Crippen LogP contribution is 2.30. The fraction of sp³-hybridized carbons (Fsp3) is 0.588. The number of nitrogens with one attached hydrogen (secondary N) is 1. The van der Waals surface area contributed by atoms with Crippen molar-refractivity contribution in [1.82, 2.24) is 10.2 Å². The summed E-state index contributed by atoms with van der Waals surface area (Å²) in [6.45, 7) is 3.59. The Bertz CT molecular complexity index is 486. The van der Waals surface area contributed by atoms with E-state index in [2.05, 4.69) is 34.5 Å². The Morgan fingerprint density at radius 1 is 1.33 bits per heavy atom. The van der Waals surface area contributed by atoms with Gasteiger partial charge in [-0.1, -0.05) is 30.3 Å². The van der Waals surface area contributed by atoms with Crippen LogP contribution in [-0.2, 0) is 11.3 Å². The quantitative estimate of drug-likeness (QED) is 0.834. The lowest BCUT2D eigenvalue weighted by Gasteiger charge is -2.41. The maximum Gasteiger partial charge on any atom is 0.239 e. The summed E-state index contributed by atoms with van der Waals surface area (Å²) in [6.07, 6.45) is 4.46. The zero-order valence-electron chi connectivity index (χ0n) is 12.6. The Morgan fingerprint density at radius 3 is 2.76 bits per heavy atom. The molecule has 1 aromatic rings. The first kappa shape index (κ1) is 14.5. The summed E-state index contributed by atoms with van der Waals surface area (Å²) in [4.78, 5) is 14.4. The lowest BCUT2D eigenvalue weighted by molar-refractivity contribution is -0.127. The average Bonchev–Trinajstić information content (AvgIpc) is 3.31. The molecule has 114 valence electrons. The summed E-state index contributed by atoms with van der Waals surface area (Å²) in [5.41, 5.74) is 6.50. The molecular formula is C17H25N3O. The van der Waals surface area contributed by atoms with Crippen LogP contribution in [0.4, 0.5) is 0 Å². The zero-order chi connectivity index (χ0) is 14.7. The Labute approximate surface area is 126 Å². The molecule has 21 heavy (non-hydrogen) atoms. The number of nitrogens with two attached hydrogens (primary N) is 1. The van der Waals surface area contributed by atoms with Crippen LogP contribution in [0.3, 0.4) is 0 Å². The van der Waals surface area contributed by atoms with Gasteiger partial charge in [-0.05, 0) is 50.3 Å². The first-order valence-electron chi connectivity index (χ1n) is 7.99. The van der Waals surface area contributed by atoms with Crippen molar-refractivity contribution in [1.29, 1.82) is 0 Å². The number of rotatable bonds is 6. The fourth-order valence-electron chi connectivity index (χ4n) is 3.22. The average molecular weight is 287 g/mol. The summed E-state index contributed by atoms with van der Waals surface area (Å²) >= 11 is 0. The van der Waals surface area contributed by atoms with Gasteiger partial charge in [0.25, 0.3) is 0 Å². The third-order valence-electron chi connectivity index (χ3n) is 4.72. The molecule has 1 heterocycles. The number of primary amides is 1. The van der Waals surface area contributed by atoms with Crippen molar-refractivity contribution in [3.63, 3.8) is 0 Å². The normalized spacial score (nSPS) is 26.7. The van der Waals surface area contributed by atoms with E-state index < -0.39 is 5.54 Å². The van der Waals surface area contributed by atoms with Crippen molar-refractivity contribution in [2.24, 2.45) is 11.7 Å². The van der Waals surface area contributed by atoms with Gasteiger partial charge in [0.15, 0.2) is 0 Å². The molecule has 1 saturated carbocycles. The first-order valence-corrected chi connectivity index (χ1v) is 7.99. The van der Waals surface area contributed by atoms with Crippen LogP contribution < -0.4 is 11.1 Å². The summed E-state index contributed by atoms with van der Waals surface area (Å²) in [5, 5.41) is 3.50. The van der Waals surface area contributed by atoms with E-state index in [1.807, 2.05) is 6.07 Å². The first-order chi connectivity index (χ1) is 10.2. The maximum absolute atomic E-state index is 12.0. The van der Waals surface area contributed by atoms with Gasteiger partial charge in [-0.2, -0.15) is 0 Å². The van der Waals surface area contributed by atoms with Crippen molar-refractivity contribution in [2.75, 3.05) is 19.6 Å². The molecule has 1 amide bonds. The molecule has 1 unspecified atom stereocenters. The lowest BCUT2D eigenvalue weighted by atomic mass is 9.87. The van der Waals surface area contributed by atoms with E-state index in [0.29, 0.717) is 0 Å². The number of hydrogen-bond donors (Lipinski definition) is 2. The minimum Gasteiger partial charge on any atom is -0.368 e. The fourth-order valence-corrected chi connectivity index (χ4v) is 3.22. The Kier molecular flexibility index (Phi) is 4.27. The number of carbonyl (C=O) groups excluding carboxylic acids is 1. The maximum atomic E-state index is 12.0. The van der Waals surface area contributed by atoms with Gasteiger partial charge in [-0.15, -0.1) is 0 Å². The van der Waals surface area contributed by atoms with Gasteiger partial charge in [0.2, 0.25) is 5.91 Å². The summed E-state index contributed by atoms with van der Waals surface area (Å²) in [5.74, 6) is 0.562. The molecule has 1 aromatic carbocycles. The molecule has 1 aliphatic carbocycles. The van der Waals surface area contributed by atoms with E-state index in [0.717, 1.165) is 44.9 Å². The van der Waals surface area contributed by atoms with Crippen LogP contribution in [0.1, 0.15) is 31.2 Å². The lowest BCUT2D eigenvalue weighted by Crippen LogP contribution is -2.64. The third-order valence-corrected chi connectivity index (χ3v) is 4.72. The standard InChI is InChI=1S/C17H25N3O/c18-16(21)17(19-11-14-7-8-14)9-4-10-20(13-17)12-15-5-2-1-3-6-15/h1-3,5-6,14,19H,4,7-13H2,(H2,18,21). The summed E-state index contributed by atoms with van der Waals surface area (Å²) < 4.78 is 0. The zero-order valence-corrected chi connectivity index (χ0v) is 12.6. The van der Waals surface area contributed by atoms with Gasteiger partial charge < -0.3 is 11.1 Å². The molecule has 4 nitrogen and oxygen atoms in total. The second-order valence-corrected chi connectivity index (χ2v) is 6.57. The monoisotopic (exact) mass is 287 g/mol. The van der Waals surface area contributed by atoms with E-state index in [4.69, 9.17) is 5.73 Å². The molecule has 2 aliphatic rings. The predicted octanol–water partition coefficient (Wildman–Crippen LogP) is 1.51. The number of benzene rings is 1. The molecular weight excluding hydrogens is 262 g/mol. The predicted molar refractivity (Wildman–Crippen MR) is 83.6 cm³/mol. The van der Waals surface area contributed by atoms with Crippen LogP contribution >= 0.6 is 0 Å². The second-order valence-electron chi connectivity index (χ2n) is 6.57. The van der Waals surface area contributed by atoms with E-state index in [-0.39, 0.29) is 5.91 Å². The number of amides is 1. The van der Waals surface area contributed by atoms with Crippen molar-refractivity contribution in [3.8, 4) is 0 Å². The van der Waals surface area contributed by atoms with Crippen LogP contribution in [0.2, 0.25) is 0 Å². The van der Waals surface area contributed by atoms with Gasteiger partial charge in [0, 0.05) is 13.1 Å². The highest BCUT2D eigenvalue weighted by Gasteiger charge is 2.41. The van der Waals surface area contributed by atoms with Crippen molar-refractivity contribution < 1.29 is 4.79 Å². The number of carbonyl (C=O) groups is 1. The summed E-state index contributed by atoms with van der Waals surface area (Å²) in [7, 11) is 0. The second kappa shape index (κ2) is 6.16. The van der Waals surface area contributed by atoms with Crippen molar-refractivity contribution in [3.05, 3.63) is 35.9 Å². The highest BCUT2D eigenvalue weighted by molar-refractivity contribution is 5.85. The van der Waals surface area contributed by atoms with Crippen LogP contribution in [0, 0.1) is 5.92 Å². The minimum absolute atomic E-state index is 0.194. The molecule has 1 aliphatic heterocycles. The van der Waals surface area contributed by atoms with Gasteiger partial charge >= 0.3 is 0 Å². The Hall–Kier alpha value is -1.39. The largest absolute Gasteiger partial charge is 0.368 e. The van der Waals surface area contributed by atoms with Crippen LogP contribution in [0.25, 0.3) is 0 Å². The van der Waals surface area contributed by atoms with E-state index in [1.165, 1.54) is 18.4 Å². The van der Waals surface area contributed by atoms with Crippen molar-refractivity contribution in [2.45, 2.75) is 37.8 Å². The molecule has 3 rings (SSSR count). The van der Waals surface area contributed by atoms with E-state index in [1.54, 1.807) is 0 Å². The number of piperidine rings is 1. The molecule has 1 atom stereocenters. The molecule has 2 fully saturated rings. The van der Waals surface area contributed by atoms with Gasteiger partial charge in [0.1, 0.15) is 5.54 Å². The highest BCUT2D eigenvalue weighted by atomic mass is 16.1. The Morgan fingerprint density at radius 2 is 2.10 bits per heavy atom. The van der Waals surface area contributed by atoms with Crippen molar-refractivity contribution >= 4 is 5.91 Å². The van der Waals surface area contributed by atoms with E-state index >= 15 is 0 Å². The van der Waals surface area contributed by atoms with Gasteiger partial charge in [-0.25, -0.2) is 0 Å². The SMILES string of the molecule is NC(=O)C1(NCC2CC2)CCCN(Cc2ccccc2)C1. The molecule has 4 heteroatoms. The topological polar surface area (TPSA) is 58.4 Å². The van der Waals surface area contributed by atoms with Crippen LogP contribution in [-0.4, -0.2) is 36.0 Å². The van der Waals surface area contributed by atoms with Gasteiger partial charge in [0.05, 0.1) is 0 Å². The molecule has 0 spiro atoms. The van der Waals surface area contributed by atoms with E-state index in [9.17, 15) is 4.79 Å². The number of likely N-dealkylation sites (tertiary alicyclic amines) is 1. The molecule has 0 bridgehead atoms. The third kappa shape index (κ3) is 3.63. The molecule has 1 saturated heterocycles.